The quantitative estimate of drug-likeness (QED) is 0.896. The molecule has 0 radical (unpaired) electrons. The van der Waals surface area contributed by atoms with Gasteiger partial charge in [-0.05, 0) is 38.0 Å². The lowest BCUT2D eigenvalue weighted by Gasteiger charge is -2.09. The first-order valence-electron chi connectivity index (χ1n) is 6.50. The summed E-state index contributed by atoms with van der Waals surface area (Å²) in [6, 6.07) is 5.66. The van der Waals surface area contributed by atoms with Crippen LogP contribution in [0.25, 0.3) is 0 Å². The molecule has 1 aromatic carbocycles. The maximum absolute atomic E-state index is 12.4. The number of carbonyl (C=O) groups is 1. The van der Waals surface area contributed by atoms with Gasteiger partial charge in [0.15, 0.2) is 5.13 Å². The van der Waals surface area contributed by atoms with Crippen molar-refractivity contribution in [2.75, 3.05) is 16.3 Å². The SMILES string of the molecule is Cc1cccc(NC(=O)c2sc(NS(C)(=O)=O)nc2C)c1C. The summed E-state index contributed by atoms with van der Waals surface area (Å²) in [5, 5.41) is 3.02. The second kappa shape index (κ2) is 6.05. The Morgan fingerprint density at radius 1 is 1.23 bits per heavy atom. The van der Waals surface area contributed by atoms with Gasteiger partial charge in [0.25, 0.3) is 5.91 Å². The molecule has 0 spiro atoms. The van der Waals surface area contributed by atoms with Crippen LogP contribution in [0, 0.1) is 20.8 Å². The van der Waals surface area contributed by atoms with Gasteiger partial charge in [-0.3, -0.25) is 9.52 Å². The van der Waals surface area contributed by atoms with Crippen molar-refractivity contribution in [3.8, 4) is 0 Å². The highest BCUT2D eigenvalue weighted by atomic mass is 32.2. The van der Waals surface area contributed by atoms with Crippen molar-refractivity contribution in [1.29, 1.82) is 0 Å². The third-order valence-corrected chi connectivity index (χ3v) is 4.89. The molecule has 2 N–H and O–H groups in total. The van der Waals surface area contributed by atoms with E-state index in [4.69, 9.17) is 0 Å². The van der Waals surface area contributed by atoms with Gasteiger partial charge in [-0.25, -0.2) is 13.4 Å². The summed E-state index contributed by atoms with van der Waals surface area (Å²) in [6.45, 7) is 5.57. The topological polar surface area (TPSA) is 88.2 Å². The summed E-state index contributed by atoms with van der Waals surface area (Å²) in [7, 11) is -3.41. The van der Waals surface area contributed by atoms with E-state index in [0.29, 0.717) is 10.6 Å². The molecular formula is C14H17N3O3S2. The van der Waals surface area contributed by atoms with Crippen LogP contribution >= 0.6 is 11.3 Å². The molecule has 0 saturated carbocycles. The highest BCUT2D eigenvalue weighted by Crippen LogP contribution is 2.25. The zero-order chi connectivity index (χ0) is 16.5. The number of hydrogen-bond acceptors (Lipinski definition) is 5. The highest BCUT2D eigenvalue weighted by molar-refractivity contribution is 7.92. The van der Waals surface area contributed by atoms with Gasteiger partial charge in [0.2, 0.25) is 10.0 Å². The minimum atomic E-state index is -3.41. The number of rotatable bonds is 4. The van der Waals surface area contributed by atoms with Crippen molar-refractivity contribution in [2.24, 2.45) is 0 Å². The molecule has 1 amide bonds. The first kappa shape index (κ1) is 16.4. The number of nitrogens with one attached hydrogen (secondary N) is 2. The molecule has 22 heavy (non-hydrogen) atoms. The fourth-order valence-corrected chi connectivity index (χ4v) is 3.57. The van der Waals surface area contributed by atoms with Crippen LogP contribution in [0.5, 0.6) is 0 Å². The molecule has 0 bridgehead atoms. The van der Waals surface area contributed by atoms with E-state index in [1.807, 2.05) is 32.0 Å². The number of amides is 1. The van der Waals surface area contributed by atoms with Crippen LogP contribution in [0.2, 0.25) is 0 Å². The number of thiazole rings is 1. The van der Waals surface area contributed by atoms with Crippen LogP contribution in [-0.4, -0.2) is 25.6 Å². The number of nitrogens with zero attached hydrogens (tertiary/aromatic N) is 1. The predicted molar refractivity (Wildman–Crippen MR) is 89.2 cm³/mol. The Morgan fingerprint density at radius 3 is 2.55 bits per heavy atom. The van der Waals surface area contributed by atoms with E-state index in [0.717, 1.165) is 34.4 Å². The molecule has 0 aliphatic heterocycles. The average Bonchev–Trinajstić information content (AvgIpc) is 2.73. The third-order valence-electron chi connectivity index (χ3n) is 3.13. The van der Waals surface area contributed by atoms with E-state index in [-0.39, 0.29) is 11.0 Å². The van der Waals surface area contributed by atoms with Gasteiger partial charge in [0, 0.05) is 5.69 Å². The van der Waals surface area contributed by atoms with Crippen LogP contribution < -0.4 is 10.0 Å². The van der Waals surface area contributed by atoms with E-state index < -0.39 is 10.0 Å². The minimum absolute atomic E-state index is 0.186. The van der Waals surface area contributed by atoms with Crippen LogP contribution in [0.1, 0.15) is 26.5 Å². The molecule has 0 saturated heterocycles. The van der Waals surface area contributed by atoms with Gasteiger partial charge >= 0.3 is 0 Å². The van der Waals surface area contributed by atoms with E-state index >= 15 is 0 Å². The van der Waals surface area contributed by atoms with Crippen LogP contribution in [-0.2, 0) is 10.0 Å². The maximum atomic E-state index is 12.4. The van der Waals surface area contributed by atoms with Crippen molar-refractivity contribution in [3.05, 3.63) is 39.9 Å². The van der Waals surface area contributed by atoms with Gasteiger partial charge in [0.1, 0.15) is 4.88 Å². The molecule has 0 unspecified atom stereocenters. The van der Waals surface area contributed by atoms with E-state index in [2.05, 4.69) is 15.0 Å². The second-order valence-corrected chi connectivity index (χ2v) is 7.76. The molecule has 0 aliphatic carbocycles. The summed E-state index contributed by atoms with van der Waals surface area (Å²) >= 11 is 1.01. The van der Waals surface area contributed by atoms with Gasteiger partial charge in [0.05, 0.1) is 11.9 Å². The molecule has 0 aliphatic rings. The highest BCUT2D eigenvalue weighted by Gasteiger charge is 2.17. The van der Waals surface area contributed by atoms with Gasteiger partial charge in [-0.1, -0.05) is 23.5 Å². The normalized spacial score (nSPS) is 11.3. The Hall–Kier alpha value is -1.93. The summed E-state index contributed by atoms with van der Waals surface area (Å²) in [6.07, 6.45) is 1.04. The number of hydrogen-bond donors (Lipinski definition) is 2. The van der Waals surface area contributed by atoms with Crippen molar-refractivity contribution in [3.63, 3.8) is 0 Å². The monoisotopic (exact) mass is 339 g/mol. The average molecular weight is 339 g/mol. The Bertz CT molecular complexity index is 826. The maximum Gasteiger partial charge on any atom is 0.267 e. The van der Waals surface area contributed by atoms with E-state index in [1.165, 1.54) is 0 Å². The lowest BCUT2D eigenvalue weighted by molar-refractivity contribution is 0.102. The summed E-state index contributed by atoms with van der Waals surface area (Å²) in [4.78, 5) is 16.8. The number of carbonyl (C=O) groups excluding carboxylic acids is 1. The Morgan fingerprint density at radius 2 is 1.91 bits per heavy atom. The zero-order valence-electron chi connectivity index (χ0n) is 12.7. The molecule has 2 rings (SSSR count). The van der Waals surface area contributed by atoms with Crippen molar-refractivity contribution < 1.29 is 13.2 Å². The number of aromatic nitrogens is 1. The lowest BCUT2D eigenvalue weighted by Crippen LogP contribution is -2.12. The van der Waals surface area contributed by atoms with Gasteiger partial charge in [-0.15, -0.1) is 0 Å². The molecule has 1 aromatic heterocycles. The first-order chi connectivity index (χ1) is 10.2. The summed E-state index contributed by atoms with van der Waals surface area (Å²) in [5.74, 6) is -0.301. The second-order valence-electron chi connectivity index (χ2n) is 5.01. The Labute approximate surface area is 133 Å². The molecule has 6 nitrogen and oxygen atoms in total. The molecule has 2 aromatic rings. The summed E-state index contributed by atoms with van der Waals surface area (Å²) < 4.78 is 24.7. The Balaban J connectivity index is 2.25. The van der Waals surface area contributed by atoms with E-state index in [1.54, 1.807) is 6.92 Å². The molecule has 8 heteroatoms. The van der Waals surface area contributed by atoms with Crippen LogP contribution in [0.4, 0.5) is 10.8 Å². The predicted octanol–water partition coefficient (Wildman–Crippen LogP) is 2.69. The smallest absolute Gasteiger partial charge is 0.267 e. The number of anilines is 2. The minimum Gasteiger partial charge on any atom is -0.321 e. The third kappa shape index (κ3) is 3.83. The molecular weight excluding hydrogens is 322 g/mol. The summed E-state index contributed by atoms with van der Waals surface area (Å²) in [5.41, 5.74) is 3.29. The number of sulfonamides is 1. The van der Waals surface area contributed by atoms with Crippen LogP contribution in [0.3, 0.4) is 0 Å². The van der Waals surface area contributed by atoms with Crippen molar-refractivity contribution in [1.82, 2.24) is 4.98 Å². The van der Waals surface area contributed by atoms with Crippen molar-refractivity contribution >= 4 is 38.1 Å². The van der Waals surface area contributed by atoms with Crippen LogP contribution in [0.15, 0.2) is 18.2 Å². The Kier molecular flexibility index (Phi) is 4.52. The zero-order valence-corrected chi connectivity index (χ0v) is 14.4. The molecule has 118 valence electrons. The molecule has 1 heterocycles. The van der Waals surface area contributed by atoms with Gasteiger partial charge in [-0.2, -0.15) is 0 Å². The molecule has 0 fully saturated rings. The lowest BCUT2D eigenvalue weighted by atomic mass is 10.1. The fourth-order valence-electron chi connectivity index (χ4n) is 1.87. The number of aryl methyl sites for hydroxylation is 2. The molecule has 0 atom stereocenters. The fraction of sp³-hybridized carbons (Fsp3) is 0.286. The largest absolute Gasteiger partial charge is 0.321 e. The number of benzene rings is 1. The van der Waals surface area contributed by atoms with E-state index in [9.17, 15) is 13.2 Å². The first-order valence-corrected chi connectivity index (χ1v) is 9.21. The van der Waals surface area contributed by atoms with Crippen molar-refractivity contribution in [2.45, 2.75) is 20.8 Å². The standard InChI is InChI=1S/C14H17N3O3S2/c1-8-6-5-7-11(9(8)2)16-13(18)12-10(3)15-14(21-12)17-22(4,19)20/h5-7H,1-4H3,(H,15,17)(H,16,18). The van der Waals surface area contributed by atoms with Gasteiger partial charge < -0.3 is 5.32 Å².